The molecule has 2 aromatic carbocycles. The Morgan fingerprint density at radius 1 is 1.15 bits per heavy atom. The molecule has 1 atom stereocenters. The molecule has 1 heterocycles. The molecule has 0 spiro atoms. The van der Waals surface area contributed by atoms with Crippen molar-refractivity contribution in [1.82, 2.24) is 10.2 Å². The highest BCUT2D eigenvalue weighted by molar-refractivity contribution is 5.77. The number of carbonyl (C=O) groups excluding carboxylic acids is 1. The van der Waals surface area contributed by atoms with E-state index in [-0.39, 0.29) is 23.6 Å². The van der Waals surface area contributed by atoms with Crippen LogP contribution in [-0.2, 0) is 4.79 Å². The van der Waals surface area contributed by atoms with Gasteiger partial charge in [-0.2, -0.15) is 0 Å². The maximum Gasteiger partial charge on any atom is 0.223 e. The van der Waals surface area contributed by atoms with Crippen LogP contribution in [0.3, 0.4) is 0 Å². The summed E-state index contributed by atoms with van der Waals surface area (Å²) in [5, 5.41) is 3.26. The fourth-order valence-corrected chi connectivity index (χ4v) is 3.13. The Morgan fingerprint density at radius 2 is 1.92 bits per heavy atom. The summed E-state index contributed by atoms with van der Waals surface area (Å²) >= 11 is 0. The van der Waals surface area contributed by atoms with Crippen molar-refractivity contribution in [2.45, 2.75) is 18.9 Å². The van der Waals surface area contributed by atoms with Crippen LogP contribution >= 0.6 is 0 Å². The van der Waals surface area contributed by atoms with Gasteiger partial charge in [0.1, 0.15) is 17.4 Å². The van der Waals surface area contributed by atoms with Gasteiger partial charge in [0, 0.05) is 32.1 Å². The third kappa shape index (κ3) is 4.79. The zero-order valence-electron chi connectivity index (χ0n) is 14.5. The molecule has 3 rings (SSSR count). The number of nitrogens with one attached hydrogen (secondary N) is 1. The van der Waals surface area contributed by atoms with Crippen molar-refractivity contribution in [3.63, 3.8) is 0 Å². The summed E-state index contributed by atoms with van der Waals surface area (Å²) in [6.07, 6.45) is 0.871. The molecule has 4 nitrogen and oxygen atoms in total. The van der Waals surface area contributed by atoms with E-state index >= 15 is 0 Å². The second-order valence-corrected chi connectivity index (χ2v) is 6.27. The molecule has 1 aliphatic rings. The Balaban J connectivity index is 1.53. The molecule has 2 aromatic rings. The zero-order chi connectivity index (χ0) is 18.4. The van der Waals surface area contributed by atoms with Crippen molar-refractivity contribution in [2.75, 3.05) is 26.2 Å². The van der Waals surface area contributed by atoms with E-state index in [0.29, 0.717) is 38.3 Å². The van der Waals surface area contributed by atoms with Gasteiger partial charge in [-0.3, -0.25) is 4.79 Å². The predicted molar refractivity (Wildman–Crippen MR) is 94.9 cm³/mol. The van der Waals surface area contributed by atoms with Crippen LogP contribution in [0.2, 0.25) is 0 Å². The van der Waals surface area contributed by atoms with Gasteiger partial charge in [0.15, 0.2) is 0 Å². The monoisotopic (exact) mass is 360 g/mol. The molecule has 1 unspecified atom stereocenters. The van der Waals surface area contributed by atoms with Crippen molar-refractivity contribution in [1.29, 1.82) is 0 Å². The number of halogens is 2. The van der Waals surface area contributed by atoms with Crippen molar-refractivity contribution in [3.05, 3.63) is 65.7 Å². The summed E-state index contributed by atoms with van der Waals surface area (Å²) in [4.78, 5) is 14.4. The van der Waals surface area contributed by atoms with E-state index in [9.17, 15) is 13.6 Å². The lowest BCUT2D eigenvalue weighted by Gasteiger charge is -2.36. The highest BCUT2D eigenvalue weighted by Crippen LogP contribution is 2.24. The van der Waals surface area contributed by atoms with E-state index in [2.05, 4.69) is 5.32 Å². The van der Waals surface area contributed by atoms with Crippen LogP contribution in [-0.4, -0.2) is 37.0 Å². The minimum Gasteiger partial charge on any atom is -0.493 e. The minimum absolute atomic E-state index is 0.0172. The Hall–Kier alpha value is -2.47. The molecular weight excluding hydrogens is 338 g/mol. The second-order valence-electron chi connectivity index (χ2n) is 6.27. The van der Waals surface area contributed by atoms with Gasteiger partial charge < -0.3 is 15.0 Å². The average molecular weight is 360 g/mol. The van der Waals surface area contributed by atoms with E-state index < -0.39 is 0 Å². The topological polar surface area (TPSA) is 41.6 Å². The number of rotatable bonds is 6. The fourth-order valence-electron chi connectivity index (χ4n) is 3.13. The van der Waals surface area contributed by atoms with Crippen molar-refractivity contribution in [2.24, 2.45) is 0 Å². The van der Waals surface area contributed by atoms with E-state index in [1.54, 1.807) is 23.1 Å². The summed E-state index contributed by atoms with van der Waals surface area (Å²) in [7, 11) is 0. The molecule has 0 bridgehead atoms. The first-order chi connectivity index (χ1) is 12.6. The molecule has 0 aromatic heterocycles. The lowest BCUT2D eigenvalue weighted by molar-refractivity contribution is -0.134. The number of hydrogen-bond donors (Lipinski definition) is 1. The summed E-state index contributed by atoms with van der Waals surface area (Å²) in [6.45, 7) is 2.25. The molecule has 26 heavy (non-hydrogen) atoms. The van der Waals surface area contributed by atoms with Gasteiger partial charge in [-0.15, -0.1) is 0 Å². The third-order valence-corrected chi connectivity index (χ3v) is 4.40. The van der Waals surface area contributed by atoms with E-state index in [1.165, 1.54) is 24.3 Å². The Morgan fingerprint density at radius 3 is 2.69 bits per heavy atom. The van der Waals surface area contributed by atoms with Crippen LogP contribution in [0.4, 0.5) is 8.78 Å². The Kier molecular flexibility index (Phi) is 6.17. The van der Waals surface area contributed by atoms with E-state index in [1.807, 2.05) is 6.07 Å². The van der Waals surface area contributed by atoms with Crippen LogP contribution in [0.25, 0.3) is 0 Å². The van der Waals surface area contributed by atoms with Gasteiger partial charge in [-0.1, -0.05) is 18.2 Å². The number of hydrogen-bond acceptors (Lipinski definition) is 3. The average Bonchev–Trinajstić information content (AvgIpc) is 2.65. The Labute approximate surface area is 151 Å². The lowest BCUT2D eigenvalue weighted by Crippen LogP contribution is -2.48. The molecule has 0 radical (unpaired) electrons. The van der Waals surface area contributed by atoms with E-state index in [4.69, 9.17) is 4.74 Å². The van der Waals surface area contributed by atoms with Crippen molar-refractivity contribution < 1.29 is 18.3 Å². The standard InChI is InChI=1S/C20H22F2N2O2/c21-16-5-1-4-15(12-16)19-14-23-9-10-24(19)20(25)8-3-11-26-18-7-2-6-17(22)13-18/h1-2,4-7,12-13,19,23H,3,8-11,14H2. The van der Waals surface area contributed by atoms with Crippen molar-refractivity contribution >= 4 is 5.91 Å². The largest absolute Gasteiger partial charge is 0.493 e. The first kappa shape index (κ1) is 18.3. The molecule has 1 fully saturated rings. The van der Waals surface area contributed by atoms with Gasteiger partial charge >= 0.3 is 0 Å². The molecule has 1 aliphatic heterocycles. The summed E-state index contributed by atoms with van der Waals surface area (Å²) in [5.74, 6) is -0.179. The molecule has 0 aliphatic carbocycles. The number of carbonyl (C=O) groups is 1. The number of nitrogens with zero attached hydrogens (tertiary/aromatic N) is 1. The van der Waals surface area contributed by atoms with Crippen LogP contribution in [0, 0.1) is 11.6 Å². The second kappa shape index (κ2) is 8.76. The smallest absolute Gasteiger partial charge is 0.223 e. The molecule has 0 saturated carbocycles. The SMILES string of the molecule is O=C(CCCOc1cccc(F)c1)N1CCNCC1c1cccc(F)c1. The molecule has 1 saturated heterocycles. The highest BCUT2D eigenvalue weighted by Gasteiger charge is 2.27. The number of benzene rings is 2. The van der Waals surface area contributed by atoms with Gasteiger partial charge in [0.25, 0.3) is 0 Å². The molecule has 138 valence electrons. The van der Waals surface area contributed by atoms with Crippen molar-refractivity contribution in [3.8, 4) is 5.75 Å². The van der Waals surface area contributed by atoms with Crippen LogP contribution in [0.1, 0.15) is 24.4 Å². The van der Waals surface area contributed by atoms with Crippen LogP contribution < -0.4 is 10.1 Å². The minimum atomic E-state index is -0.350. The summed E-state index contributed by atoms with van der Waals surface area (Å²) < 4.78 is 32.1. The molecule has 6 heteroatoms. The van der Waals surface area contributed by atoms with Gasteiger partial charge in [0.2, 0.25) is 5.91 Å². The Bertz CT molecular complexity index is 754. The summed E-state index contributed by atoms with van der Waals surface area (Å²) in [5.41, 5.74) is 0.793. The van der Waals surface area contributed by atoms with Crippen LogP contribution in [0.5, 0.6) is 5.75 Å². The lowest BCUT2D eigenvalue weighted by atomic mass is 10.0. The van der Waals surface area contributed by atoms with Gasteiger partial charge in [-0.25, -0.2) is 8.78 Å². The maximum absolute atomic E-state index is 13.5. The number of piperazine rings is 1. The van der Waals surface area contributed by atoms with E-state index in [0.717, 1.165) is 12.1 Å². The van der Waals surface area contributed by atoms with Crippen LogP contribution in [0.15, 0.2) is 48.5 Å². The molecule has 1 amide bonds. The number of amides is 1. The predicted octanol–water partition coefficient (Wildman–Crippen LogP) is 3.30. The van der Waals surface area contributed by atoms with Gasteiger partial charge in [-0.05, 0) is 36.2 Å². The molecule has 1 N–H and O–H groups in total. The zero-order valence-corrected chi connectivity index (χ0v) is 14.5. The quantitative estimate of drug-likeness (QED) is 0.804. The van der Waals surface area contributed by atoms with Gasteiger partial charge in [0.05, 0.1) is 12.6 Å². The normalized spacial score (nSPS) is 17.2. The first-order valence-corrected chi connectivity index (χ1v) is 8.77. The molecular formula is C20H22F2N2O2. The number of ether oxygens (including phenoxy) is 1. The fraction of sp³-hybridized carbons (Fsp3) is 0.350. The highest BCUT2D eigenvalue weighted by atomic mass is 19.1. The third-order valence-electron chi connectivity index (χ3n) is 4.40. The first-order valence-electron chi connectivity index (χ1n) is 8.77. The summed E-state index contributed by atoms with van der Waals surface area (Å²) in [6, 6.07) is 12.1. The maximum atomic E-state index is 13.5.